The Kier molecular flexibility index (Phi) is 6.39. The molecule has 25 heavy (non-hydrogen) atoms. The zero-order chi connectivity index (χ0) is 18.4. The number of rotatable bonds is 5. The van der Waals surface area contributed by atoms with E-state index in [4.69, 9.17) is 16.3 Å². The molecule has 1 N–H and O–H groups in total. The van der Waals surface area contributed by atoms with Crippen LogP contribution >= 0.6 is 22.9 Å². The Labute approximate surface area is 153 Å². The van der Waals surface area contributed by atoms with Crippen molar-refractivity contribution < 1.29 is 9.53 Å². The number of nitrogens with zero attached hydrogens (tertiary/aromatic N) is 2. The predicted octanol–water partition coefficient (Wildman–Crippen LogP) is 1.67. The molecule has 0 saturated heterocycles. The Morgan fingerprint density at radius 2 is 2.24 bits per heavy atom. The van der Waals surface area contributed by atoms with E-state index in [9.17, 15) is 14.9 Å². The van der Waals surface area contributed by atoms with Gasteiger partial charge >= 0.3 is 5.97 Å². The highest BCUT2D eigenvalue weighted by atomic mass is 35.5. The standard InChI is InChI=1S/C17H16ClN3O3S/c1-3-21-15(22)14(10-20-12-7-5-6-11(18)8-12)25-16(21)13(9-19)17(23)24-4-2/h5-8,10,20H,3-4H2,1-2H3. The van der Waals surface area contributed by atoms with Gasteiger partial charge in [-0.05, 0) is 32.0 Å². The summed E-state index contributed by atoms with van der Waals surface area (Å²) in [6.45, 7) is 3.91. The molecule has 130 valence electrons. The van der Waals surface area contributed by atoms with Crippen LogP contribution in [0.2, 0.25) is 5.02 Å². The van der Waals surface area contributed by atoms with E-state index in [1.54, 1.807) is 38.1 Å². The van der Waals surface area contributed by atoms with Crippen molar-refractivity contribution in [3.05, 3.63) is 48.8 Å². The van der Waals surface area contributed by atoms with E-state index in [1.165, 1.54) is 10.8 Å². The monoisotopic (exact) mass is 377 g/mol. The summed E-state index contributed by atoms with van der Waals surface area (Å²) in [5, 5.41) is 12.9. The zero-order valence-electron chi connectivity index (χ0n) is 13.7. The number of ether oxygens (including phenoxy) is 1. The van der Waals surface area contributed by atoms with Gasteiger partial charge in [-0.2, -0.15) is 5.26 Å². The van der Waals surface area contributed by atoms with Gasteiger partial charge in [0.2, 0.25) is 0 Å². The summed E-state index contributed by atoms with van der Waals surface area (Å²) in [6.07, 6.45) is 1.54. The van der Waals surface area contributed by atoms with Gasteiger partial charge in [0.05, 0.1) is 6.61 Å². The molecule has 8 heteroatoms. The molecule has 0 fully saturated rings. The van der Waals surface area contributed by atoms with E-state index in [1.807, 2.05) is 6.07 Å². The first-order valence-corrected chi connectivity index (χ1v) is 8.74. The van der Waals surface area contributed by atoms with Crippen molar-refractivity contribution in [3.8, 4) is 6.07 Å². The van der Waals surface area contributed by atoms with Crippen molar-refractivity contribution in [3.63, 3.8) is 0 Å². The summed E-state index contributed by atoms with van der Waals surface area (Å²) < 4.78 is 6.93. The van der Waals surface area contributed by atoms with Crippen molar-refractivity contribution in [2.24, 2.45) is 0 Å². The van der Waals surface area contributed by atoms with Crippen molar-refractivity contribution in [2.75, 3.05) is 11.9 Å². The maximum absolute atomic E-state index is 12.5. The molecule has 1 heterocycles. The highest BCUT2D eigenvalue weighted by Gasteiger charge is 2.16. The Bertz CT molecular complexity index is 1000. The first-order chi connectivity index (χ1) is 12.0. The number of nitrogens with one attached hydrogen (secondary N) is 1. The fourth-order valence-corrected chi connectivity index (χ4v) is 3.37. The molecule has 0 atom stereocenters. The fourth-order valence-electron chi connectivity index (χ4n) is 2.10. The van der Waals surface area contributed by atoms with Gasteiger partial charge in [0.25, 0.3) is 5.56 Å². The van der Waals surface area contributed by atoms with Crippen LogP contribution in [-0.4, -0.2) is 17.1 Å². The van der Waals surface area contributed by atoms with Crippen molar-refractivity contribution in [1.82, 2.24) is 4.57 Å². The maximum Gasteiger partial charge on any atom is 0.351 e. The Balaban J connectivity index is 2.58. The summed E-state index contributed by atoms with van der Waals surface area (Å²) in [7, 11) is 0. The number of benzene rings is 1. The quantitative estimate of drug-likeness (QED) is 0.801. The number of thiazole rings is 1. The largest absolute Gasteiger partial charge is 0.462 e. The summed E-state index contributed by atoms with van der Waals surface area (Å²) in [5.74, 6) is -0.734. The number of nitriles is 1. The lowest BCUT2D eigenvalue weighted by molar-refractivity contribution is -0.136. The molecule has 1 aromatic carbocycles. The highest BCUT2D eigenvalue weighted by Crippen LogP contribution is 2.14. The molecule has 1 aromatic heterocycles. The topological polar surface area (TPSA) is 84.1 Å². The molecule has 0 unspecified atom stereocenters. The smallest absolute Gasteiger partial charge is 0.351 e. The van der Waals surface area contributed by atoms with E-state index in [0.29, 0.717) is 16.1 Å². The van der Waals surface area contributed by atoms with E-state index >= 15 is 0 Å². The first-order valence-electron chi connectivity index (χ1n) is 7.55. The van der Waals surface area contributed by atoms with E-state index < -0.39 is 5.97 Å². The third-order valence-electron chi connectivity index (χ3n) is 3.22. The Morgan fingerprint density at radius 1 is 1.48 bits per heavy atom. The molecular weight excluding hydrogens is 362 g/mol. The van der Waals surface area contributed by atoms with Crippen LogP contribution in [0.1, 0.15) is 13.8 Å². The predicted molar refractivity (Wildman–Crippen MR) is 98.7 cm³/mol. The molecule has 0 radical (unpaired) electrons. The van der Waals surface area contributed by atoms with Crippen LogP contribution in [0, 0.1) is 11.3 Å². The third-order valence-corrected chi connectivity index (χ3v) is 4.59. The van der Waals surface area contributed by atoms with Crippen LogP contribution in [0.15, 0.2) is 29.1 Å². The normalized spacial score (nSPS) is 12.5. The van der Waals surface area contributed by atoms with Gasteiger partial charge in [0, 0.05) is 23.5 Å². The molecule has 2 rings (SSSR count). The second kappa shape index (κ2) is 8.51. The van der Waals surface area contributed by atoms with Crippen LogP contribution in [0.4, 0.5) is 5.69 Å². The van der Waals surface area contributed by atoms with E-state index in [-0.39, 0.29) is 22.4 Å². The van der Waals surface area contributed by atoms with Crippen LogP contribution in [0.3, 0.4) is 0 Å². The molecule has 0 aliphatic heterocycles. The molecular formula is C17H16ClN3O3S. The number of aromatic nitrogens is 1. The Hall–Kier alpha value is -2.56. The minimum atomic E-state index is -0.734. The van der Waals surface area contributed by atoms with Gasteiger partial charge < -0.3 is 10.1 Å². The lowest BCUT2D eigenvalue weighted by Crippen LogP contribution is -2.32. The lowest BCUT2D eigenvalue weighted by atomic mass is 10.3. The van der Waals surface area contributed by atoms with Crippen LogP contribution in [0.5, 0.6) is 0 Å². The molecule has 0 aliphatic rings. The van der Waals surface area contributed by atoms with Gasteiger partial charge in [0.1, 0.15) is 15.3 Å². The van der Waals surface area contributed by atoms with Gasteiger partial charge in [-0.25, -0.2) is 4.79 Å². The van der Waals surface area contributed by atoms with Gasteiger partial charge in [-0.3, -0.25) is 9.36 Å². The second-order valence-electron chi connectivity index (χ2n) is 4.83. The lowest BCUT2D eigenvalue weighted by Gasteiger charge is -2.00. The molecule has 2 aromatic rings. The van der Waals surface area contributed by atoms with Crippen LogP contribution in [-0.2, 0) is 16.1 Å². The number of carbonyl (C=O) groups excluding carboxylic acids is 1. The number of esters is 1. The molecule has 0 amide bonds. The molecule has 0 aliphatic carbocycles. The minimum absolute atomic E-state index is 0.154. The summed E-state index contributed by atoms with van der Waals surface area (Å²) in [6, 6.07) is 8.89. The minimum Gasteiger partial charge on any atom is -0.462 e. The SMILES string of the molecule is CCOC(=O)C(C#N)=c1sc(=CNc2cccc(Cl)c2)c(=O)n1CC. The molecule has 0 saturated carbocycles. The van der Waals surface area contributed by atoms with Crippen molar-refractivity contribution in [2.45, 2.75) is 20.4 Å². The number of hydrogen-bond acceptors (Lipinski definition) is 6. The molecule has 0 bridgehead atoms. The average Bonchev–Trinajstić information content (AvgIpc) is 2.89. The molecule has 0 spiro atoms. The number of anilines is 1. The number of hydrogen-bond donors (Lipinski definition) is 1. The second-order valence-corrected chi connectivity index (χ2v) is 6.29. The maximum atomic E-state index is 12.5. The van der Waals surface area contributed by atoms with Crippen molar-refractivity contribution >= 4 is 46.4 Å². The van der Waals surface area contributed by atoms with E-state index in [2.05, 4.69) is 5.32 Å². The third kappa shape index (κ3) is 4.29. The van der Waals surface area contributed by atoms with E-state index in [0.717, 1.165) is 17.0 Å². The summed E-state index contributed by atoms with van der Waals surface area (Å²) >= 11 is 6.99. The average molecular weight is 378 g/mol. The summed E-state index contributed by atoms with van der Waals surface area (Å²) in [4.78, 5) is 24.5. The van der Waals surface area contributed by atoms with Gasteiger partial charge in [-0.1, -0.05) is 17.7 Å². The Morgan fingerprint density at radius 3 is 2.84 bits per heavy atom. The van der Waals surface area contributed by atoms with Crippen LogP contribution in [0.25, 0.3) is 11.8 Å². The molecule has 6 nitrogen and oxygen atoms in total. The highest BCUT2D eigenvalue weighted by molar-refractivity contribution is 7.07. The zero-order valence-corrected chi connectivity index (χ0v) is 15.3. The number of halogens is 1. The van der Waals surface area contributed by atoms with Crippen molar-refractivity contribution in [1.29, 1.82) is 5.26 Å². The van der Waals surface area contributed by atoms with Crippen LogP contribution < -0.4 is 20.1 Å². The summed E-state index contributed by atoms with van der Waals surface area (Å²) in [5.41, 5.74) is 0.266. The fraction of sp³-hybridized carbons (Fsp3) is 0.235. The van der Waals surface area contributed by atoms with Gasteiger partial charge in [-0.15, -0.1) is 11.3 Å². The number of carbonyl (C=O) groups is 1. The first kappa shape index (κ1) is 18.8. The van der Waals surface area contributed by atoms with Gasteiger partial charge in [0.15, 0.2) is 5.57 Å².